The highest BCUT2D eigenvalue weighted by Crippen LogP contribution is 2.41. The van der Waals surface area contributed by atoms with Gasteiger partial charge in [0.05, 0.1) is 0 Å². The van der Waals surface area contributed by atoms with Gasteiger partial charge >= 0.3 is 0 Å². The third-order valence-electron chi connectivity index (χ3n) is 12.1. The van der Waals surface area contributed by atoms with Gasteiger partial charge in [-0.15, -0.1) is 0 Å². The van der Waals surface area contributed by atoms with Crippen molar-refractivity contribution < 1.29 is 28.8 Å². The van der Waals surface area contributed by atoms with Gasteiger partial charge in [0, 0.05) is 25.3 Å². The number of unbranched alkanes of at least 4 members (excludes halogenated alkanes) is 1. The number of benzene rings is 4. The molecule has 10 nitrogen and oxygen atoms in total. The van der Waals surface area contributed by atoms with Crippen LogP contribution in [0.3, 0.4) is 0 Å². The Hall–Kier alpha value is -5.65. The lowest BCUT2D eigenvalue weighted by atomic mass is 9.93. The summed E-state index contributed by atoms with van der Waals surface area (Å²) in [4.78, 5) is 83.8. The molecule has 0 radical (unpaired) electrons. The maximum absolute atomic E-state index is 14.1. The van der Waals surface area contributed by atoms with Crippen molar-refractivity contribution in [1.29, 1.82) is 0 Å². The molecule has 4 aromatic rings. The highest BCUT2D eigenvalue weighted by molar-refractivity contribution is 6.98. The minimum absolute atomic E-state index is 0.0519. The van der Waals surface area contributed by atoms with E-state index in [4.69, 9.17) is 0 Å². The van der Waals surface area contributed by atoms with E-state index in [1.165, 1.54) is 0 Å². The summed E-state index contributed by atoms with van der Waals surface area (Å²) >= 11 is 0. The molecule has 11 heteroatoms. The Balaban J connectivity index is 1.14. The Morgan fingerprint density at radius 2 is 1.22 bits per heavy atom. The van der Waals surface area contributed by atoms with E-state index in [9.17, 15) is 28.8 Å². The van der Waals surface area contributed by atoms with Crippen molar-refractivity contribution in [2.75, 3.05) is 6.54 Å². The summed E-state index contributed by atoms with van der Waals surface area (Å²) in [5, 5.41) is 10.0. The first kappa shape index (κ1) is 43.9. The smallest absolute Gasteiger partial charge is 0.258 e. The van der Waals surface area contributed by atoms with Crippen LogP contribution in [0, 0.1) is 5.92 Å². The van der Waals surface area contributed by atoms with Crippen molar-refractivity contribution in [2.45, 2.75) is 101 Å². The van der Waals surface area contributed by atoms with E-state index in [1.807, 2.05) is 142 Å². The fraction of sp³-hybridized carbons (Fsp3) is 0.367. The van der Waals surface area contributed by atoms with Crippen molar-refractivity contribution in [3.8, 4) is 0 Å². The number of amides is 4. The lowest BCUT2D eigenvalue weighted by molar-refractivity contribution is -0.143. The van der Waals surface area contributed by atoms with Crippen LogP contribution in [-0.4, -0.2) is 78.1 Å². The van der Waals surface area contributed by atoms with Crippen molar-refractivity contribution >= 4 is 48.1 Å². The Labute approximate surface area is 355 Å². The largest absolute Gasteiger partial charge is 0.424 e. The molecule has 5 atom stereocenters. The third-order valence-corrected chi connectivity index (χ3v) is 16.6. The van der Waals surface area contributed by atoms with Crippen LogP contribution in [0.5, 0.6) is 0 Å². The summed E-state index contributed by atoms with van der Waals surface area (Å²) in [6.07, 6.45) is 6.55. The number of hydrogen-bond acceptors (Lipinski definition) is 6. The first-order valence-corrected chi connectivity index (χ1v) is 23.2. The lowest BCUT2D eigenvalue weighted by Gasteiger charge is -2.42. The van der Waals surface area contributed by atoms with Crippen molar-refractivity contribution in [3.05, 3.63) is 145 Å². The molecule has 0 bridgehead atoms. The van der Waals surface area contributed by atoms with Gasteiger partial charge < -0.3 is 25.6 Å². The fourth-order valence-electron chi connectivity index (χ4n) is 8.82. The number of hydrogen-bond donors (Lipinski definition) is 4. The molecule has 4 amide bonds. The van der Waals surface area contributed by atoms with Crippen LogP contribution < -0.4 is 26.3 Å². The number of allylic oxidation sites excluding steroid dienone is 2. The first-order chi connectivity index (χ1) is 28.9. The van der Waals surface area contributed by atoms with Crippen LogP contribution in [0.25, 0.3) is 0 Å². The molecule has 0 unspecified atom stereocenters. The van der Waals surface area contributed by atoms with Crippen molar-refractivity contribution in [3.63, 3.8) is 0 Å². The number of nitrogens with one attached hydrogen (secondary N) is 3. The van der Waals surface area contributed by atoms with Gasteiger partial charge in [-0.1, -0.05) is 148 Å². The molecule has 2 saturated heterocycles. The standard InChI is InChI=1S/C49H58N4O6Si/c1-35(34-49(2,3)60(59,38-24-13-6-14-25-38)39-26-15-7-16-27-39)44(54)30-18-8-17-28-40-45(55)51-41(32-36-20-9-4-10-21-36)46(56)52-42(33-37-22-11-5-12-23-37)48(58)53-31-19-29-43(53)47(57)50-40/h4-7,9-16,18,20-27,30,35,40-43,59H,8,17,19,28-29,31-34H2,1-3H3,(H,50,57)(H,51,55)(H,52,56)/b30-18+/t35-,40-,41+,42-,43+/m0/s1. The molecule has 0 spiro atoms. The van der Waals surface area contributed by atoms with Crippen LogP contribution >= 0.6 is 0 Å². The zero-order valence-corrected chi connectivity index (χ0v) is 35.9. The van der Waals surface area contributed by atoms with Crippen LogP contribution in [0.2, 0.25) is 5.04 Å². The summed E-state index contributed by atoms with van der Waals surface area (Å²) in [7, 11) is -3.29. The van der Waals surface area contributed by atoms with Crippen LogP contribution in [0.15, 0.2) is 133 Å². The van der Waals surface area contributed by atoms with Gasteiger partial charge in [-0.05, 0) is 71.1 Å². The van der Waals surface area contributed by atoms with Gasteiger partial charge in [0.15, 0.2) is 5.78 Å². The number of fused-ring (bicyclic) bond motifs is 1. The minimum Gasteiger partial charge on any atom is -0.424 e. The normalized spacial score (nSPS) is 21.0. The van der Waals surface area contributed by atoms with Crippen LogP contribution in [0.1, 0.15) is 70.4 Å². The Morgan fingerprint density at radius 3 is 1.78 bits per heavy atom. The van der Waals surface area contributed by atoms with Crippen molar-refractivity contribution in [1.82, 2.24) is 20.9 Å². The predicted molar refractivity (Wildman–Crippen MR) is 237 cm³/mol. The second kappa shape index (κ2) is 20.1. The van der Waals surface area contributed by atoms with E-state index in [0.717, 1.165) is 21.5 Å². The molecule has 2 aliphatic heterocycles. The molecule has 314 valence electrons. The second-order valence-electron chi connectivity index (χ2n) is 16.9. The number of carbonyl (C=O) groups is 5. The van der Waals surface area contributed by atoms with E-state index >= 15 is 0 Å². The van der Waals surface area contributed by atoms with Gasteiger partial charge in [0.2, 0.25) is 23.6 Å². The van der Waals surface area contributed by atoms with Gasteiger partial charge in [-0.25, -0.2) is 0 Å². The average Bonchev–Trinajstić information content (AvgIpc) is 3.76. The van der Waals surface area contributed by atoms with E-state index < -0.39 is 55.2 Å². The Morgan fingerprint density at radius 1 is 0.733 bits per heavy atom. The third kappa shape index (κ3) is 10.6. The quantitative estimate of drug-likeness (QED) is 0.0772. The number of nitrogens with zero attached hydrogens (tertiary/aromatic N) is 1. The summed E-state index contributed by atoms with van der Waals surface area (Å²) < 4.78 is 0. The fourth-order valence-corrected chi connectivity index (χ4v) is 12.7. The molecule has 2 aliphatic rings. The summed E-state index contributed by atoms with van der Waals surface area (Å²) in [5.41, 5.74) is 1.69. The number of carbonyl (C=O) groups excluding carboxylic acids is 5. The predicted octanol–water partition coefficient (Wildman–Crippen LogP) is 4.79. The van der Waals surface area contributed by atoms with E-state index in [2.05, 4.69) is 16.0 Å². The van der Waals surface area contributed by atoms with E-state index in [0.29, 0.717) is 38.6 Å². The highest BCUT2D eigenvalue weighted by Gasteiger charge is 2.50. The van der Waals surface area contributed by atoms with Gasteiger partial charge in [-0.2, -0.15) is 0 Å². The Kier molecular flexibility index (Phi) is 14.7. The summed E-state index contributed by atoms with van der Waals surface area (Å²) in [5.74, 6) is -2.11. The molecule has 2 heterocycles. The summed E-state index contributed by atoms with van der Waals surface area (Å²) in [6, 6.07) is 34.6. The maximum Gasteiger partial charge on any atom is 0.258 e. The van der Waals surface area contributed by atoms with E-state index in [-0.39, 0.29) is 36.9 Å². The summed E-state index contributed by atoms with van der Waals surface area (Å²) in [6.45, 7) is 6.36. The van der Waals surface area contributed by atoms with Gasteiger partial charge in [-0.3, -0.25) is 24.0 Å². The molecule has 0 saturated carbocycles. The number of ketones is 1. The Bertz CT molecular complexity index is 2080. The van der Waals surface area contributed by atoms with Gasteiger partial charge in [0.1, 0.15) is 24.2 Å². The average molecular weight is 827 g/mol. The zero-order chi connectivity index (χ0) is 42.7. The van der Waals surface area contributed by atoms with E-state index in [1.54, 1.807) is 17.1 Å². The minimum atomic E-state index is -3.29. The number of rotatable bonds is 15. The zero-order valence-electron chi connectivity index (χ0n) is 34.9. The molecule has 4 N–H and O–H groups in total. The second-order valence-corrected chi connectivity index (χ2v) is 20.8. The molecular weight excluding hydrogens is 769 g/mol. The lowest BCUT2D eigenvalue weighted by Crippen LogP contribution is -2.65. The molecule has 6 rings (SSSR count). The first-order valence-electron chi connectivity index (χ1n) is 21.2. The molecule has 0 aliphatic carbocycles. The molecule has 0 aromatic heterocycles. The van der Waals surface area contributed by atoms with Crippen molar-refractivity contribution in [2.24, 2.45) is 5.92 Å². The highest BCUT2D eigenvalue weighted by atomic mass is 28.4. The van der Waals surface area contributed by atoms with Gasteiger partial charge in [0.25, 0.3) is 8.32 Å². The van der Waals surface area contributed by atoms with Crippen LogP contribution in [-0.2, 0) is 36.8 Å². The maximum atomic E-state index is 14.1. The molecule has 4 aromatic carbocycles. The molecular formula is C49H58N4O6Si. The monoisotopic (exact) mass is 826 g/mol. The molecule has 60 heavy (non-hydrogen) atoms. The topological polar surface area (TPSA) is 145 Å². The molecule has 2 fully saturated rings. The SMILES string of the molecule is C[C@@H](CC(C)(C)[Si](O)(c1ccccc1)c1ccccc1)C(=O)/C=C/CCC[C@@H]1NC(=O)[C@H]2CCCN2C(=O)[C@H](Cc2ccccc2)NC(=O)[C@@H](Cc2ccccc2)NC1=O. The van der Waals surface area contributed by atoms with Crippen LogP contribution in [0.4, 0.5) is 0 Å².